The van der Waals surface area contributed by atoms with E-state index in [4.69, 9.17) is 9.47 Å². The van der Waals surface area contributed by atoms with Crippen LogP contribution < -0.4 is 10.1 Å². The predicted octanol–water partition coefficient (Wildman–Crippen LogP) is 1.89. The lowest BCUT2D eigenvalue weighted by atomic mass is 10.2. The summed E-state index contributed by atoms with van der Waals surface area (Å²) in [6.45, 7) is 2.38. The van der Waals surface area contributed by atoms with Gasteiger partial charge in [0, 0.05) is 37.2 Å². The molecule has 0 aromatic carbocycles. The van der Waals surface area contributed by atoms with Crippen molar-refractivity contribution in [2.24, 2.45) is 0 Å². The molecule has 1 N–H and O–H groups in total. The highest BCUT2D eigenvalue weighted by molar-refractivity contribution is 5.30. The molecule has 18 heavy (non-hydrogen) atoms. The van der Waals surface area contributed by atoms with E-state index in [1.54, 1.807) is 6.20 Å². The van der Waals surface area contributed by atoms with E-state index < -0.39 is 0 Å². The fourth-order valence-electron chi connectivity index (χ4n) is 2.19. The molecule has 0 amide bonds. The second-order valence-corrected chi connectivity index (χ2v) is 5.08. The summed E-state index contributed by atoms with van der Waals surface area (Å²) >= 11 is 0. The first kappa shape index (κ1) is 11.9. The Hall–Kier alpha value is -1.13. The van der Waals surface area contributed by atoms with E-state index in [-0.39, 0.29) is 6.10 Å². The van der Waals surface area contributed by atoms with E-state index in [0.29, 0.717) is 12.6 Å². The summed E-state index contributed by atoms with van der Waals surface area (Å²) in [4.78, 5) is 4.17. The van der Waals surface area contributed by atoms with Crippen LogP contribution in [0, 0.1) is 0 Å². The molecule has 0 radical (unpaired) electrons. The molecule has 2 heterocycles. The maximum atomic E-state index is 5.87. The number of aromatic nitrogens is 1. The molecule has 1 aromatic heterocycles. The monoisotopic (exact) mass is 248 g/mol. The third-order valence-electron chi connectivity index (χ3n) is 3.47. The van der Waals surface area contributed by atoms with E-state index in [1.165, 1.54) is 12.8 Å². The number of hydrogen-bond donors (Lipinski definition) is 1. The first-order chi connectivity index (χ1) is 8.92. The van der Waals surface area contributed by atoms with Gasteiger partial charge < -0.3 is 14.8 Å². The lowest BCUT2D eigenvalue weighted by Crippen LogP contribution is -2.19. The van der Waals surface area contributed by atoms with Crippen molar-refractivity contribution in [3.8, 4) is 5.75 Å². The number of nitrogens with zero attached hydrogens (tertiary/aromatic N) is 1. The minimum atomic E-state index is 0.266. The van der Waals surface area contributed by atoms with E-state index in [0.717, 1.165) is 37.3 Å². The molecule has 0 bridgehead atoms. The average Bonchev–Trinajstić information content (AvgIpc) is 3.09. The van der Waals surface area contributed by atoms with Crippen molar-refractivity contribution in [2.45, 2.75) is 44.4 Å². The molecule has 4 nitrogen and oxygen atoms in total. The van der Waals surface area contributed by atoms with Crippen LogP contribution in [-0.2, 0) is 11.3 Å². The molecule has 2 fully saturated rings. The van der Waals surface area contributed by atoms with Gasteiger partial charge in [-0.25, -0.2) is 0 Å². The van der Waals surface area contributed by atoms with Crippen molar-refractivity contribution in [1.82, 2.24) is 10.3 Å². The third-order valence-corrected chi connectivity index (χ3v) is 3.47. The van der Waals surface area contributed by atoms with E-state index in [2.05, 4.69) is 10.3 Å². The first-order valence-corrected chi connectivity index (χ1v) is 6.82. The van der Waals surface area contributed by atoms with Crippen LogP contribution in [0.25, 0.3) is 0 Å². The smallest absolute Gasteiger partial charge is 0.127 e. The van der Waals surface area contributed by atoms with Crippen molar-refractivity contribution in [1.29, 1.82) is 0 Å². The van der Waals surface area contributed by atoms with Gasteiger partial charge in [-0.05, 0) is 31.7 Å². The highest BCUT2D eigenvalue weighted by atomic mass is 16.5. The van der Waals surface area contributed by atoms with Crippen molar-refractivity contribution in [3.05, 3.63) is 24.0 Å². The van der Waals surface area contributed by atoms with Gasteiger partial charge in [0.2, 0.25) is 0 Å². The van der Waals surface area contributed by atoms with E-state index in [1.807, 2.05) is 12.3 Å². The number of nitrogens with one attached hydrogen (secondary N) is 1. The van der Waals surface area contributed by atoms with Crippen LogP contribution in [0.4, 0.5) is 0 Å². The molecule has 0 spiro atoms. The highest BCUT2D eigenvalue weighted by Crippen LogP contribution is 2.22. The zero-order chi connectivity index (χ0) is 12.2. The van der Waals surface area contributed by atoms with Gasteiger partial charge in [-0.1, -0.05) is 0 Å². The Kier molecular flexibility index (Phi) is 3.76. The van der Waals surface area contributed by atoms with Crippen molar-refractivity contribution in [3.63, 3.8) is 0 Å². The summed E-state index contributed by atoms with van der Waals surface area (Å²) < 4.78 is 11.4. The van der Waals surface area contributed by atoms with Gasteiger partial charge in [-0.3, -0.25) is 4.98 Å². The molecule has 1 saturated carbocycles. The molecule has 1 aliphatic carbocycles. The zero-order valence-electron chi connectivity index (χ0n) is 10.6. The summed E-state index contributed by atoms with van der Waals surface area (Å²) in [6.07, 6.45) is 8.80. The molecule has 1 aromatic rings. The van der Waals surface area contributed by atoms with E-state index in [9.17, 15) is 0 Å². The molecule has 98 valence electrons. The van der Waals surface area contributed by atoms with Gasteiger partial charge in [0.25, 0.3) is 0 Å². The van der Waals surface area contributed by atoms with Crippen LogP contribution in [-0.4, -0.2) is 30.3 Å². The molecule has 1 saturated heterocycles. The molecule has 1 atom stereocenters. The SMILES string of the molecule is c1cc(OCC2CCCO2)c(CNC2CC2)cn1. The second kappa shape index (κ2) is 5.67. The molecular weight excluding hydrogens is 228 g/mol. The topological polar surface area (TPSA) is 43.4 Å². The third kappa shape index (κ3) is 3.21. The van der Waals surface area contributed by atoms with Gasteiger partial charge >= 0.3 is 0 Å². The van der Waals surface area contributed by atoms with Crippen molar-refractivity contribution < 1.29 is 9.47 Å². The minimum Gasteiger partial charge on any atom is -0.490 e. The molecular formula is C14H20N2O2. The Labute approximate surface area is 108 Å². The lowest BCUT2D eigenvalue weighted by molar-refractivity contribution is 0.0675. The summed E-state index contributed by atoms with van der Waals surface area (Å²) in [5.74, 6) is 0.939. The summed E-state index contributed by atoms with van der Waals surface area (Å²) in [6, 6.07) is 2.65. The average molecular weight is 248 g/mol. The molecule has 4 heteroatoms. The Morgan fingerprint density at radius 3 is 3.11 bits per heavy atom. The van der Waals surface area contributed by atoms with Crippen molar-refractivity contribution >= 4 is 0 Å². The van der Waals surface area contributed by atoms with Crippen molar-refractivity contribution in [2.75, 3.05) is 13.2 Å². The first-order valence-electron chi connectivity index (χ1n) is 6.82. The van der Waals surface area contributed by atoms with Gasteiger partial charge in [0.15, 0.2) is 0 Å². The van der Waals surface area contributed by atoms with Crippen LogP contribution in [0.2, 0.25) is 0 Å². The maximum Gasteiger partial charge on any atom is 0.127 e. The Bertz CT molecular complexity index is 387. The molecule has 1 aliphatic heterocycles. The fourth-order valence-corrected chi connectivity index (χ4v) is 2.19. The Balaban J connectivity index is 1.55. The van der Waals surface area contributed by atoms with Crippen LogP contribution in [0.15, 0.2) is 18.5 Å². The zero-order valence-corrected chi connectivity index (χ0v) is 10.6. The Morgan fingerprint density at radius 1 is 1.39 bits per heavy atom. The van der Waals surface area contributed by atoms with Gasteiger partial charge in [0.1, 0.15) is 12.4 Å². The highest BCUT2D eigenvalue weighted by Gasteiger charge is 2.21. The summed E-state index contributed by atoms with van der Waals surface area (Å²) in [5, 5.41) is 3.49. The largest absolute Gasteiger partial charge is 0.490 e. The van der Waals surface area contributed by atoms with Gasteiger partial charge in [-0.2, -0.15) is 0 Å². The van der Waals surface area contributed by atoms with Gasteiger partial charge in [0.05, 0.1) is 6.10 Å². The molecule has 1 unspecified atom stereocenters. The Morgan fingerprint density at radius 2 is 2.33 bits per heavy atom. The van der Waals surface area contributed by atoms with Crippen LogP contribution >= 0.6 is 0 Å². The number of ether oxygens (including phenoxy) is 2. The van der Waals surface area contributed by atoms with Crippen LogP contribution in [0.1, 0.15) is 31.2 Å². The molecule has 2 aliphatic rings. The molecule has 3 rings (SSSR count). The normalized spacial score (nSPS) is 23.2. The van der Waals surface area contributed by atoms with Crippen LogP contribution in [0.5, 0.6) is 5.75 Å². The minimum absolute atomic E-state index is 0.266. The summed E-state index contributed by atoms with van der Waals surface area (Å²) in [7, 11) is 0. The quantitative estimate of drug-likeness (QED) is 0.835. The number of hydrogen-bond acceptors (Lipinski definition) is 4. The van der Waals surface area contributed by atoms with Gasteiger partial charge in [-0.15, -0.1) is 0 Å². The van der Waals surface area contributed by atoms with E-state index >= 15 is 0 Å². The summed E-state index contributed by atoms with van der Waals surface area (Å²) in [5.41, 5.74) is 1.14. The maximum absolute atomic E-state index is 5.87. The predicted molar refractivity (Wildman–Crippen MR) is 68.6 cm³/mol. The van der Waals surface area contributed by atoms with Crippen LogP contribution in [0.3, 0.4) is 0 Å². The number of rotatable bonds is 6. The lowest BCUT2D eigenvalue weighted by Gasteiger charge is -2.14. The number of pyridine rings is 1. The second-order valence-electron chi connectivity index (χ2n) is 5.08. The fraction of sp³-hybridized carbons (Fsp3) is 0.643. The standard InChI is InChI=1S/C14H20N2O2/c1-2-13(17-7-1)10-18-14-5-6-15-8-11(14)9-16-12-3-4-12/h5-6,8,12-13,16H,1-4,7,9-10H2.